The average molecular weight is 366 g/mol. The Hall–Kier alpha value is -2.60. The number of anilines is 2. The number of nitrogens with zero attached hydrogens (tertiary/aromatic N) is 3. The van der Waals surface area contributed by atoms with Crippen molar-refractivity contribution in [2.24, 2.45) is 0 Å². The van der Waals surface area contributed by atoms with Gasteiger partial charge in [0.15, 0.2) is 0 Å². The number of carbonyl (C=O) groups is 1. The molecule has 2 aromatic carbocycles. The number of hydrogen-bond donors (Lipinski definition) is 1. The zero-order valence-corrected chi connectivity index (χ0v) is 16.2. The summed E-state index contributed by atoms with van der Waals surface area (Å²) in [5.74, 6) is 0.658. The Kier molecular flexibility index (Phi) is 5.42. The van der Waals surface area contributed by atoms with Crippen LogP contribution in [-0.2, 0) is 4.79 Å². The Morgan fingerprint density at radius 1 is 1.08 bits per heavy atom. The van der Waals surface area contributed by atoms with Crippen LogP contribution < -0.4 is 10.2 Å². The summed E-state index contributed by atoms with van der Waals surface area (Å²) >= 11 is 1.45. The minimum Gasteiger partial charge on any atom is -0.378 e. The molecule has 0 saturated carbocycles. The summed E-state index contributed by atoms with van der Waals surface area (Å²) in [4.78, 5) is 23.6. The normalized spacial score (nSPS) is 12.0. The van der Waals surface area contributed by atoms with Gasteiger partial charge in [0, 0.05) is 30.9 Å². The number of thioether (sulfide) groups is 1. The maximum Gasteiger partial charge on any atom is 0.237 e. The molecule has 0 fully saturated rings. The lowest BCUT2D eigenvalue weighted by molar-refractivity contribution is -0.115. The van der Waals surface area contributed by atoms with Gasteiger partial charge in [-0.05, 0) is 44.2 Å². The summed E-state index contributed by atoms with van der Waals surface area (Å²) in [6.07, 6.45) is 0. The summed E-state index contributed by atoms with van der Waals surface area (Å²) < 4.78 is 0. The predicted molar refractivity (Wildman–Crippen MR) is 109 cm³/mol. The van der Waals surface area contributed by atoms with Crippen LogP contribution in [0, 0.1) is 6.92 Å². The second kappa shape index (κ2) is 7.74. The molecule has 0 radical (unpaired) electrons. The molecule has 1 heterocycles. The lowest BCUT2D eigenvalue weighted by atomic mass is 10.2. The summed E-state index contributed by atoms with van der Waals surface area (Å²) in [7, 11) is 3.97. The maximum absolute atomic E-state index is 12.6. The van der Waals surface area contributed by atoms with E-state index >= 15 is 0 Å². The first kappa shape index (κ1) is 18.2. The highest BCUT2D eigenvalue weighted by molar-refractivity contribution is 8.00. The number of fused-ring (bicyclic) bond motifs is 1. The van der Waals surface area contributed by atoms with Crippen LogP contribution in [0.15, 0.2) is 53.6 Å². The molecule has 26 heavy (non-hydrogen) atoms. The fourth-order valence-electron chi connectivity index (χ4n) is 2.56. The van der Waals surface area contributed by atoms with Crippen molar-refractivity contribution >= 4 is 39.9 Å². The first-order valence-corrected chi connectivity index (χ1v) is 9.30. The van der Waals surface area contributed by atoms with Gasteiger partial charge in [0.1, 0.15) is 10.9 Å². The quantitative estimate of drug-likeness (QED) is 0.544. The third-order valence-electron chi connectivity index (χ3n) is 3.99. The third kappa shape index (κ3) is 4.14. The van der Waals surface area contributed by atoms with E-state index in [2.05, 4.69) is 15.3 Å². The van der Waals surface area contributed by atoms with Crippen LogP contribution >= 0.6 is 11.8 Å². The molecule has 5 nitrogen and oxygen atoms in total. The minimum atomic E-state index is -0.277. The van der Waals surface area contributed by atoms with E-state index in [0.717, 1.165) is 27.3 Å². The Morgan fingerprint density at radius 3 is 2.46 bits per heavy atom. The SMILES string of the molecule is Cc1nc(SC(C)C(=O)Nc2ccc(N(C)C)cc2)c2ccccc2n1. The zero-order chi connectivity index (χ0) is 18.7. The van der Waals surface area contributed by atoms with Crippen molar-refractivity contribution in [2.45, 2.75) is 24.1 Å². The van der Waals surface area contributed by atoms with Gasteiger partial charge in [-0.25, -0.2) is 9.97 Å². The van der Waals surface area contributed by atoms with Gasteiger partial charge in [0.25, 0.3) is 0 Å². The average Bonchev–Trinajstić information content (AvgIpc) is 2.62. The van der Waals surface area contributed by atoms with Crippen LogP contribution in [0.5, 0.6) is 0 Å². The van der Waals surface area contributed by atoms with Crippen molar-refractivity contribution in [3.05, 3.63) is 54.4 Å². The van der Waals surface area contributed by atoms with E-state index in [-0.39, 0.29) is 11.2 Å². The maximum atomic E-state index is 12.6. The van der Waals surface area contributed by atoms with Crippen molar-refractivity contribution in [1.29, 1.82) is 0 Å². The minimum absolute atomic E-state index is 0.0482. The molecule has 1 N–H and O–H groups in total. The molecule has 134 valence electrons. The number of carbonyl (C=O) groups excluding carboxylic acids is 1. The van der Waals surface area contributed by atoms with E-state index in [1.807, 2.05) is 81.4 Å². The summed E-state index contributed by atoms with van der Waals surface area (Å²) in [6, 6.07) is 15.7. The van der Waals surface area contributed by atoms with Crippen LogP contribution in [0.2, 0.25) is 0 Å². The monoisotopic (exact) mass is 366 g/mol. The molecule has 1 unspecified atom stereocenters. The first-order valence-electron chi connectivity index (χ1n) is 8.42. The molecule has 0 bridgehead atoms. The number of benzene rings is 2. The summed E-state index contributed by atoms with van der Waals surface area (Å²) in [5.41, 5.74) is 2.78. The molecule has 0 saturated heterocycles. The molecule has 0 spiro atoms. The van der Waals surface area contributed by atoms with Crippen molar-refractivity contribution in [3.63, 3.8) is 0 Å². The molecular formula is C20H22N4OS. The van der Waals surface area contributed by atoms with Gasteiger partial charge in [0.05, 0.1) is 10.8 Å². The van der Waals surface area contributed by atoms with Crippen LogP contribution in [-0.4, -0.2) is 35.2 Å². The number of aromatic nitrogens is 2. The summed E-state index contributed by atoms with van der Waals surface area (Å²) in [5, 5.41) is 4.50. The highest BCUT2D eigenvalue weighted by atomic mass is 32.2. The van der Waals surface area contributed by atoms with Gasteiger partial charge in [0.2, 0.25) is 5.91 Å². The van der Waals surface area contributed by atoms with Crippen molar-refractivity contribution in [2.75, 3.05) is 24.3 Å². The van der Waals surface area contributed by atoms with E-state index in [1.54, 1.807) is 0 Å². The standard InChI is InChI=1S/C20H22N4OS/c1-13(19(25)23-15-9-11-16(12-10-15)24(3)4)26-20-17-7-5-6-8-18(17)21-14(2)22-20/h5-13H,1-4H3,(H,23,25). The van der Waals surface area contributed by atoms with Gasteiger partial charge in [-0.15, -0.1) is 0 Å². The molecule has 1 atom stereocenters. The fourth-order valence-corrected chi connectivity index (χ4v) is 3.54. The van der Waals surface area contributed by atoms with E-state index in [0.29, 0.717) is 5.82 Å². The van der Waals surface area contributed by atoms with Crippen LogP contribution in [0.3, 0.4) is 0 Å². The Balaban J connectivity index is 1.73. The largest absolute Gasteiger partial charge is 0.378 e. The van der Waals surface area contributed by atoms with E-state index in [1.165, 1.54) is 11.8 Å². The van der Waals surface area contributed by atoms with Crippen LogP contribution in [0.1, 0.15) is 12.7 Å². The number of aryl methyl sites for hydroxylation is 1. The Labute approximate surface area is 157 Å². The molecule has 3 aromatic rings. The van der Waals surface area contributed by atoms with E-state index in [4.69, 9.17) is 0 Å². The van der Waals surface area contributed by atoms with E-state index < -0.39 is 0 Å². The van der Waals surface area contributed by atoms with Crippen LogP contribution in [0.25, 0.3) is 10.9 Å². The molecule has 0 aliphatic carbocycles. The van der Waals surface area contributed by atoms with Crippen molar-refractivity contribution in [1.82, 2.24) is 9.97 Å². The third-order valence-corrected chi connectivity index (χ3v) is 5.09. The fraction of sp³-hybridized carbons (Fsp3) is 0.250. The molecule has 1 amide bonds. The molecule has 6 heteroatoms. The molecule has 0 aliphatic heterocycles. The second-order valence-electron chi connectivity index (χ2n) is 6.28. The van der Waals surface area contributed by atoms with Crippen molar-refractivity contribution < 1.29 is 4.79 Å². The highest BCUT2D eigenvalue weighted by Crippen LogP contribution is 2.29. The summed E-state index contributed by atoms with van der Waals surface area (Å²) in [6.45, 7) is 3.76. The lowest BCUT2D eigenvalue weighted by Gasteiger charge is -2.15. The molecule has 3 rings (SSSR count). The van der Waals surface area contributed by atoms with Crippen molar-refractivity contribution in [3.8, 4) is 0 Å². The number of rotatable bonds is 5. The van der Waals surface area contributed by atoms with Gasteiger partial charge in [-0.2, -0.15) is 0 Å². The lowest BCUT2D eigenvalue weighted by Crippen LogP contribution is -2.22. The molecular weight excluding hydrogens is 344 g/mol. The topological polar surface area (TPSA) is 58.1 Å². The van der Waals surface area contributed by atoms with Gasteiger partial charge in [-0.1, -0.05) is 30.0 Å². The first-order chi connectivity index (χ1) is 12.4. The second-order valence-corrected chi connectivity index (χ2v) is 7.61. The number of nitrogens with one attached hydrogen (secondary N) is 1. The molecule has 0 aliphatic rings. The predicted octanol–water partition coefficient (Wildman–Crippen LogP) is 4.12. The smallest absolute Gasteiger partial charge is 0.237 e. The zero-order valence-electron chi connectivity index (χ0n) is 15.4. The van der Waals surface area contributed by atoms with Crippen LogP contribution in [0.4, 0.5) is 11.4 Å². The highest BCUT2D eigenvalue weighted by Gasteiger charge is 2.17. The number of amides is 1. The Morgan fingerprint density at radius 2 is 1.77 bits per heavy atom. The number of para-hydroxylation sites is 1. The Bertz CT molecular complexity index is 925. The van der Waals surface area contributed by atoms with Gasteiger partial charge >= 0.3 is 0 Å². The number of hydrogen-bond acceptors (Lipinski definition) is 5. The van der Waals surface area contributed by atoms with Gasteiger partial charge < -0.3 is 10.2 Å². The van der Waals surface area contributed by atoms with Gasteiger partial charge in [-0.3, -0.25) is 4.79 Å². The van der Waals surface area contributed by atoms with E-state index in [9.17, 15) is 4.79 Å². The molecule has 1 aromatic heterocycles.